The van der Waals surface area contributed by atoms with Crippen molar-refractivity contribution in [2.45, 2.75) is 25.9 Å². The molecule has 0 atom stereocenters. The SMILES string of the molecule is CCOC(=O)CCc1cn(-c2ccc(OC)c(C(F)(F)F)c2)nn1. The average molecular weight is 343 g/mol. The maximum atomic E-state index is 13.0. The normalized spacial score (nSPS) is 11.4. The first-order valence-corrected chi connectivity index (χ1v) is 7.17. The monoisotopic (exact) mass is 343 g/mol. The van der Waals surface area contributed by atoms with E-state index in [1.165, 1.54) is 30.1 Å². The fraction of sp³-hybridized carbons (Fsp3) is 0.400. The van der Waals surface area contributed by atoms with Crippen LogP contribution in [0.5, 0.6) is 5.75 Å². The van der Waals surface area contributed by atoms with Crippen LogP contribution in [-0.2, 0) is 22.1 Å². The first kappa shape index (κ1) is 17.8. The van der Waals surface area contributed by atoms with Gasteiger partial charge >= 0.3 is 12.1 Å². The predicted molar refractivity (Wildman–Crippen MR) is 77.9 cm³/mol. The van der Waals surface area contributed by atoms with E-state index in [9.17, 15) is 18.0 Å². The number of esters is 1. The maximum Gasteiger partial charge on any atom is 0.420 e. The Balaban J connectivity index is 2.19. The van der Waals surface area contributed by atoms with E-state index in [0.717, 1.165) is 6.07 Å². The van der Waals surface area contributed by atoms with Crippen LogP contribution in [0.25, 0.3) is 5.69 Å². The highest BCUT2D eigenvalue weighted by Crippen LogP contribution is 2.37. The summed E-state index contributed by atoms with van der Waals surface area (Å²) in [6.07, 6.45) is -2.65. The van der Waals surface area contributed by atoms with Gasteiger partial charge in [0.25, 0.3) is 0 Å². The van der Waals surface area contributed by atoms with Gasteiger partial charge in [-0.3, -0.25) is 4.79 Å². The zero-order valence-corrected chi connectivity index (χ0v) is 13.1. The Hall–Kier alpha value is -2.58. The minimum absolute atomic E-state index is 0.128. The number of nitrogens with zero attached hydrogens (tertiary/aromatic N) is 3. The summed E-state index contributed by atoms with van der Waals surface area (Å²) in [6.45, 7) is 1.99. The number of ether oxygens (including phenoxy) is 2. The molecule has 1 aromatic carbocycles. The number of halogens is 3. The number of rotatable bonds is 6. The molecule has 0 aliphatic rings. The van der Waals surface area contributed by atoms with Gasteiger partial charge in [0.2, 0.25) is 0 Å². The van der Waals surface area contributed by atoms with Crippen LogP contribution >= 0.6 is 0 Å². The number of aromatic nitrogens is 3. The van der Waals surface area contributed by atoms with Crippen molar-refractivity contribution in [2.24, 2.45) is 0 Å². The van der Waals surface area contributed by atoms with Gasteiger partial charge in [-0.2, -0.15) is 13.2 Å². The van der Waals surface area contributed by atoms with Gasteiger partial charge in [0.05, 0.1) is 43.3 Å². The zero-order valence-electron chi connectivity index (χ0n) is 13.1. The Morgan fingerprint density at radius 3 is 2.71 bits per heavy atom. The summed E-state index contributed by atoms with van der Waals surface area (Å²) in [6, 6.07) is 3.60. The Labute approximate surface area is 136 Å². The van der Waals surface area contributed by atoms with Crippen molar-refractivity contribution in [3.8, 4) is 11.4 Å². The lowest BCUT2D eigenvalue weighted by atomic mass is 10.1. The number of carbonyl (C=O) groups is 1. The van der Waals surface area contributed by atoms with Crippen molar-refractivity contribution >= 4 is 5.97 Å². The molecule has 2 rings (SSSR count). The fourth-order valence-electron chi connectivity index (χ4n) is 2.06. The third-order valence-electron chi connectivity index (χ3n) is 3.18. The van der Waals surface area contributed by atoms with Gasteiger partial charge in [-0.1, -0.05) is 5.21 Å². The van der Waals surface area contributed by atoms with E-state index in [1.807, 2.05) is 0 Å². The largest absolute Gasteiger partial charge is 0.496 e. The average Bonchev–Trinajstić information content (AvgIpc) is 3.01. The van der Waals surface area contributed by atoms with E-state index in [0.29, 0.717) is 12.1 Å². The second-order valence-corrected chi connectivity index (χ2v) is 4.84. The van der Waals surface area contributed by atoms with E-state index in [1.54, 1.807) is 6.92 Å². The second kappa shape index (κ2) is 7.33. The van der Waals surface area contributed by atoms with Gasteiger partial charge in [-0.25, -0.2) is 4.68 Å². The number of alkyl halides is 3. The van der Waals surface area contributed by atoms with Crippen LogP contribution in [0, 0.1) is 0 Å². The molecule has 0 bridgehead atoms. The molecule has 0 N–H and O–H groups in total. The summed E-state index contributed by atoms with van der Waals surface area (Å²) in [5.74, 6) is -0.634. The molecule has 0 amide bonds. The molecule has 0 aliphatic heterocycles. The minimum atomic E-state index is -4.55. The number of carbonyl (C=O) groups excluding carboxylic acids is 1. The molecule has 0 spiro atoms. The van der Waals surface area contributed by atoms with Gasteiger partial charge in [-0.15, -0.1) is 5.10 Å². The quantitative estimate of drug-likeness (QED) is 0.755. The van der Waals surface area contributed by atoms with Crippen molar-refractivity contribution in [2.75, 3.05) is 13.7 Å². The lowest BCUT2D eigenvalue weighted by Gasteiger charge is -2.13. The fourth-order valence-corrected chi connectivity index (χ4v) is 2.06. The molecule has 1 heterocycles. The van der Waals surface area contributed by atoms with Crippen LogP contribution < -0.4 is 4.74 Å². The van der Waals surface area contributed by atoms with Gasteiger partial charge in [0, 0.05) is 6.42 Å². The Kier molecular flexibility index (Phi) is 5.42. The van der Waals surface area contributed by atoms with Crippen molar-refractivity contribution in [3.63, 3.8) is 0 Å². The lowest BCUT2D eigenvalue weighted by Crippen LogP contribution is -2.09. The Bertz CT molecular complexity index is 713. The van der Waals surface area contributed by atoms with Gasteiger partial charge < -0.3 is 9.47 Å². The molecule has 0 saturated heterocycles. The predicted octanol–water partition coefficient (Wildman–Crippen LogP) is 2.79. The lowest BCUT2D eigenvalue weighted by molar-refractivity contribution is -0.143. The highest BCUT2D eigenvalue weighted by molar-refractivity contribution is 5.69. The van der Waals surface area contributed by atoms with E-state index in [-0.39, 0.29) is 30.4 Å². The van der Waals surface area contributed by atoms with Crippen LogP contribution in [0.3, 0.4) is 0 Å². The highest BCUT2D eigenvalue weighted by atomic mass is 19.4. The topological polar surface area (TPSA) is 66.2 Å². The number of hydrogen-bond acceptors (Lipinski definition) is 5. The molecule has 9 heteroatoms. The first-order valence-electron chi connectivity index (χ1n) is 7.17. The van der Waals surface area contributed by atoms with Crippen molar-refractivity contribution in [1.82, 2.24) is 15.0 Å². The van der Waals surface area contributed by atoms with Crippen molar-refractivity contribution in [1.29, 1.82) is 0 Å². The molecule has 2 aromatic rings. The Morgan fingerprint density at radius 2 is 2.08 bits per heavy atom. The van der Waals surface area contributed by atoms with Gasteiger partial charge in [0.1, 0.15) is 5.75 Å². The third-order valence-corrected chi connectivity index (χ3v) is 3.18. The molecule has 6 nitrogen and oxygen atoms in total. The standard InChI is InChI=1S/C15H16F3N3O3/c1-3-24-14(22)7-4-10-9-21(20-19-10)11-5-6-13(23-2)12(8-11)15(16,17)18/h5-6,8-9H,3-4,7H2,1-2H3. The van der Waals surface area contributed by atoms with E-state index >= 15 is 0 Å². The number of benzene rings is 1. The smallest absolute Gasteiger partial charge is 0.420 e. The molecule has 0 radical (unpaired) electrons. The van der Waals surface area contributed by atoms with Crippen LogP contribution in [0.4, 0.5) is 13.2 Å². The molecular weight excluding hydrogens is 327 g/mol. The summed E-state index contributed by atoms with van der Waals surface area (Å²) in [7, 11) is 1.17. The number of aryl methyl sites for hydroxylation is 1. The molecule has 24 heavy (non-hydrogen) atoms. The molecule has 0 fully saturated rings. The summed E-state index contributed by atoms with van der Waals surface area (Å²) < 4.78 is 49.9. The molecule has 0 unspecified atom stereocenters. The molecular formula is C15H16F3N3O3. The molecule has 0 aliphatic carbocycles. The van der Waals surface area contributed by atoms with Gasteiger partial charge in [0.15, 0.2) is 0 Å². The third kappa shape index (κ3) is 4.24. The van der Waals surface area contributed by atoms with E-state index in [4.69, 9.17) is 9.47 Å². The maximum absolute atomic E-state index is 13.0. The molecule has 0 saturated carbocycles. The van der Waals surface area contributed by atoms with Crippen molar-refractivity contribution in [3.05, 3.63) is 35.7 Å². The molecule has 130 valence electrons. The summed E-state index contributed by atoms with van der Waals surface area (Å²) >= 11 is 0. The zero-order chi connectivity index (χ0) is 17.7. The van der Waals surface area contributed by atoms with Crippen LogP contribution in [-0.4, -0.2) is 34.7 Å². The minimum Gasteiger partial charge on any atom is -0.496 e. The second-order valence-electron chi connectivity index (χ2n) is 4.84. The number of hydrogen-bond donors (Lipinski definition) is 0. The summed E-state index contributed by atoms with van der Waals surface area (Å²) in [5.41, 5.74) is -0.225. The van der Waals surface area contributed by atoms with Crippen molar-refractivity contribution < 1.29 is 27.4 Å². The Morgan fingerprint density at radius 1 is 1.33 bits per heavy atom. The van der Waals surface area contributed by atoms with E-state index < -0.39 is 11.7 Å². The molecule has 1 aromatic heterocycles. The first-order chi connectivity index (χ1) is 11.3. The summed E-state index contributed by atoms with van der Waals surface area (Å²) in [4.78, 5) is 11.3. The highest BCUT2D eigenvalue weighted by Gasteiger charge is 2.34. The summed E-state index contributed by atoms with van der Waals surface area (Å²) in [5, 5.41) is 7.65. The van der Waals surface area contributed by atoms with E-state index in [2.05, 4.69) is 10.3 Å². The van der Waals surface area contributed by atoms with Crippen LogP contribution in [0.15, 0.2) is 24.4 Å². The van der Waals surface area contributed by atoms with Gasteiger partial charge in [-0.05, 0) is 25.1 Å². The van der Waals surface area contributed by atoms with Crippen LogP contribution in [0.2, 0.25) is 0 Å². The number of methoxy groups -OCH3 is 1. The van der Waals surface area contributed by atoms with Crippen LogP contribution in [0.1, 0.15) is 24.6 Å².